The standard InChI is InChI=1S/2C29H30FN5O.C28H28FN5O.C19H14FN5/c1-20-17-21(6-8-24(20)30)27-23(5-2-13-31-27)22-7-9-26-33-18-25(35(26)19-22)28(36)32-14-12-29-10-3-15-34(29)16-4-11-29;1-20-17-22(6-7-25(20)30)27-23(5-2-12-31-27)21-8-16-35-26(18-21)24(19-33-35)28(36)32-13-11-29-9-3-14-34(29)15-4-10-29;1-19-15-21(6-7-24(19)29)26-22(5-2-11-30-26)20-8-14-34-25(16-20)23(17-32-34)27(35)31-18-28-9-3-12-33(28)13-4-10-28;1-11-7-12(4-5-16(11)20)17-14(3-2-6-22-17)13-8-15-18(21)24-10-25-19(15)23-9-13/h2,5-9,13,17-19H,3-4,10-12,14-16H2,1H3,(H,32,36);2,5-8,12,16-19H,3-4,9-11,13-15H2,1H3,(H,32,36);2,5-8,11,14-17H,3-4,9-10,12-13,18H2,1H3,(H,31,35);2-10H,1H3,(H2,21,23,24,25). The maximum absolute atomic E-state index is 13.9. The van der Waals surface area contributed by atoms with Crippen LogP contribution in [0.15, 0.2) is 238 Å². The normalized spacial score (nSPS) is 15.8. The van der Waals surface area contributed by atoms with Crippen LogP contribution in [0.1, 0.15) is 143 Å². The molecule has 18 heterocycles. The first-order valence-corrected chi connectivity index (χ1v) is 45.5. The fourth-order valence-corrected chi connectivity index (χ4v) is 20.8. The number of fused-ring (bicyclic) bond motifs is 7. The van der Waals surface area contributed by atoms with Gasteiger partial charge in [-0.25, -0.2) is 46.5 Å². The van der Waals surface area contributed by atoms with Crippen molar-refractivity contribution < 1.29 is 31.9 Å². The van der Waals surface area contributed by atoms with Crippen molar-refractivity contribution in [1.29, 1.82) is 0 Å². The van der Waals surface area contributed by atoms with Crippen LogP contribution in [-0.4, -0.2) is 171 Å². The van der Waals surface area contributed by atoms with Crippen LogP contribution in [0.25, 0.3) is 117 Å². The summed E-state index contributed by atoms with van der Waals surface area (Å²) in [7, 11) is 0. The minimum absolute atomic E-state index is 0.0918. The van der Waals surface area contributed by atoms with E-state index in [1.54, 1.807) is 117 Å². The lowest BCUT2D eigenvalue weighted by Crippen LogP contribution is -2.48. The van der Waals surface area contributed by atoms with Gasteiger partial charge >= 0.3 is 0 Å². The van der Waals surface area contributed by atoms with Crippen molar-refractivity contribution in [2.75, 3.05) is 64.6 Å². The minimum Gasteiger partial charge on any atom is -0.383 e. The van der Waals surface area contributed by atoms with Crippen molar-refractivity contribution in [3.63, 3.8) is 0 Å². The molecular formula is C105H102F4N20O3. The molecule has 0 bridgehead atoms. The molecule has 4 aromatic carbocycles. The smallest absolute Gasteiger partial charge is 0.269 e. The Labute approximate surface area is 762 Å². The fraction of sp³-hybridized carbons (Fsp3) is 0.286. The van der Waals surface area contributed by atoms with Gasteiger partial charge in [-0.1, -0.05) is 24.3 Å². The lowest BCUT2D eigenvalue weighted by atomic mass is 9.90. The molecular weight excluding hydrogens is 1670 g/mol. The van der Waals surface area contributed by atoms with Gasteiger partial charge in [0.1, 0.15) is 46.8 Å². The van der Waals surface area contributed by atoms with Gasteiger partial charge in [-0.15, -0.1) is 0 Å². The first-order chi connectivity index (χ1) is 64.2. The summed E-state index contributed by atoms with van der Waals surface area (Å²) in [5.74, 6) is -0.867. The quantitative estimate of drug-likeness (QED) is 0.0548. The van der Waals surface area contributed by atoms with Crippen molar-refractivity contribution in [1.82, 2.24) is 94.2 Å². The minimum atomic E-state index is -0.237. The highest BCUT2D eigenvalue weighted by atomic mass is 19.1. The number of amides is 3. The van der Waals surface area contributed by atoms with Gasteiger partial charge in [0.05, 0.1) is 68.9 Å². The number of hydrogen-bond donors (Lipinski definition) is 4. The van der Waals surface area contributed by atoms with E-state index in [4.69, 9.17) is 5.73 Å². The first-order valence-electron chi connectivity index (χ1n) is 45.5. The van der Waals surface area contributed by atoms with Crippen LogP contribution in [-0.2, 0) is 0 Å². The number of nitrogens with one attached hydrogen (secondary N) is 3. The van der Waals surface area contributed by atoms with E-state index in [-0.39, 0.29) is 57.6 Å². The molecule has 6 saturated heterocycles. The Bertz CT molecular complexity index is 6820. The summed E-state index contributed by atoms with van der Waals surface area (Å²) in [6, 6.07) is 49.2. The second-order valence-electron chi connectivity index (χ2n) is 35.7. The number of nitrogens with two attached hydrogens (primary N) is 1. The summed E-state index contributed by atoms with van der Waals surface area (Å²) in [5, 5.41) is 19.0. The Morgan fingerprint density at radius 1 is 0.386 bits per heavy atom. The summed E-state index contributed by atoms with van der Waals surface area (Å²) in [6.07, 6.45) is 37.3. The monoisotopic (exact) mass is 1770 g/mol. The summed E-state index contributed by atoms with van der Waals surface area (Å²) >= 11 is 0. The van der Waals surface area contributed by atoms with Gasteiger partial charge in [-0.05, 0) is 330 Å². The number of nitrogens with zero attached hydrogens (tertiary/aromatic N) is 16. The van der Waals surface area contributed by atoms with E-state index in [1.807, 2.05) is 132 Å². The Morgan fingerprint density at radius 2 is 0.780 bits per heavy atom. The van der Waals surface area contributed by atoms with Crippen LogP contribution in [0.5, 0.6) is 0 Å². The number of rotatable bonds is 19. The maximum atomic E-state index is 13.9. The molecule has 668 valence electrons. The van der Waals surface area contributed by atoms with E-state index in [2.05, 4.69) is 80.7 Å². The topological polar surface area (TPSA) is 265 Å². The summed E-state index contributed by atoms with van der Waals surface area (Å²) < 4.78 is 60.5. The van der Waals surface area contributed by atoms with Crippen molar-refractivity contribution in [3.8, 4) is 89.5 Å². The molecule has 6 fully saturated rings. The third-order valence-electron chi connectivity index (χ3n) is 27.8. The molecule has 3 amide bonds. The zero-order valence-electron chi connectivity index (χ0n) is 74.2. The molecule has 0 atom stereocenters. The van der Waals surface area contributed by atoms with Crippen molar-refractivity contribution in [2.24, 2.45) is 0 Å². The second kappa shape index (κ2) is 37.4. The van der Waals surface area contributed by atoms with E-state index in [0.717, 1.165) is 139 Å². The highest BCUT2D eigenvalue weighted by Gasteiger charge is 2.46. The number of benzene rings is 4. The summed E-state index contributed by atoms with van der Waals surface area (Å²) in [6.45, 7) is 16.0. The Balaban J connectivity index is 0.000000115. The zero-order chi connectivity index (χ0) is 90.8. The van der Waals surface area contributed by atoms with Gasteiger partial charge in [0.15, 0.2) is 5.65 Å². The van der Waals surface area contributed by atoms with Gasteiger partial charge in [-0.3, -0.25) is 53.4 Å². The van der Waals surface area contributed by atoms with Gasteiger partial charge in [0, 0.05) is 141 Å². The molecule has 0 saturated carbocycles. The number of anilines is 1. The van der Waals surface area contributed by atoms with Gasteiger partial charge < -0.3 is 21.7 Å². The van der Waals surface area contributed by atoms with Gasteiger partial charge in [0.2, 0.25) is 0 Å². The zero-order valence-corrected chi connectivity index (χ0v) is 74.2. The van der Waals surface area contributed by atoms with E-state index in [0.29, 0.717) is 81.2 Å². The third-order valence-corrected chi connectivity index (χ3v) is 27.8. The lowest BCUT2D eigenvalue weighted by Gasteiger charge is -2.32. The molecule has 16 aromatic rings. The van der Waals surface area contributed by atoms with E-state index < -0.39 is 0 Å². The summed E-state index contributed by atoms with van der Waals surface area (Å²) in [4.78, 5) is 82.6. The second-order valence-corrected chi connectivity index (χ2v) is 35.7. The van der Waals surface area contributed by atoms with Crippen LogP contribution in [0.2, 0.25) is 0 Å². The number of carbonyl (C=O) groups is 3. The van der Waals surface area contributed by atoms with Crippen LogP contribution in [0.3, 0.4) is 0 Å². The fourth-order valence-electron chi connectivity index (χ4n) is 20.8. The average molecular weight is 1770 g/mol. The lowest BCUT2D eigenvalue weighted by molar-refractivity contribution is 0.0917. The molecule has 132 heavy (non-hydrogen) atoms. The summed E-state index contributed by atoms with van der Waals surface area (Å²) in [5.41, 5.74) is 27.0. The van der Waals surface area contributed by atoms with Crippen LogP contribution < -0.4 is 21.7 Å². The van der Waals surface area contributed by atoms with Crippen molar-refractivity contribution in [2.45, 2.75) is 134 Å². The average Bonchev–Trinajstić information content (AvgIpc) is 1.10. The number of nitrogen functional groups attached to an aromatic ring is 1. The Kier molecular flexibility index (Phi) is 24.7. The molecule has 12 aromatic heterocycles. The SMILES string of the molecule is Cc1cc(-c2ncccc2-c2ccc3ncc(C(=O)NCCC45CCCN4CCC5)n3c2)ccc1F.Cc1cc(-c2ncccc2-c2ccn3ncc(C(=O)NCC45CCCN4CCC5)c3c2)ccc1F.Cc1cc(-c2ncccc2-c2ccn3ncc(C(=O)NCCC45CCCN4CCC5)c3c2)ccc1F.Cc1cc(-c2ncccc2-c2cnc3ncnc(N)c3c2)ccc1F. The van der Waals surface area contributed by atoms with E-state index in [1.165, 1.54) is 121 Å². The van der Waals surface area contributed by atoms with Crippen molar-refractivity contribution >= 4 is 51.3 Å². The van der Waals surface area contributed by atoms with E-state index >= 15 is 0 Å². The molecule has 6 aliphatic rings. The molecule has 0 radical (unpaired) electrons. The number of aromatic nitrogens is 13. The van der Waals surface area contributed by atoms with Crippen LogP contribution in [0.4, 0.5) is 23.4 Å². The van der Waals surface area contributed by atoms with Crippen LogP contribution in [0, 0.1) is 51.0 Å². The third kappa shape index (κ3) is 17.6. The number of hydrogen-bond acceptors (Lipinski definition) is 17. The molecule has 0 unspecified atom stereocenters. The predicted octanol–water partition coefficient (Wildman–Crippen LogP) is 19.2. The highest BCUT2D eigenvalue weighted by Crippen LogP contribution is 2.45. The number of imidazole rings is 1. The predicted molar refractivity (Wildman–Crippen MR) is 505 cm³/mol. The molecule has 5 N–H and O–H groups in total. The largest absolute Gasteiger partial charge is 0.383 e. The molecule has 0 spiro atoms. The maximum Gasteiger partial charge on any atom is 0.269 e. The molecule has 27 heteroatoms. The molecule has 23 nitrogen and oxygen atoms in total. The van der Waals surface area contributed by atoms with Crippen LogP contribution >= 0.6 is 0 Å². The molecule has 22 rings (SSSR count). The van der Waals surface area contributed by atoms with Gasteiger partial charge in [0.25, 0.3) is 17.7 Å². The van der Waals surface area contributed by atoms with E-state index in [9.17, 15) is 31.9 Å². The van der Waals surface area contributed by atoms with Crippen molar-refractivity contribution in [3.05, 3.63) is 301 Å². The Morgan fingerprint density at radius 3 is 1.22 bits per heavy atom. The number of halogens is 4. The first kappa shape index (κ1) is 87.2. The molecule has 6 aliphatic heterocycles. The molecule has 0 aliphatic carbocycles. The number of carbonyl (C=O) groups excluding carboxylic acids is 3. The Hall–Kier alpha value is -14.2. The number of pyridine rings is 8. The highest BCUT2D eigenvalue weighted by molar-refractivity contribution is 6.03. The number of aryl methyl sites for hydroxylation is 4. The van der Waals surface area contributed by atoms with Gasteiger partial charge in [-0.2, -0.15) is 10.2 Å².